The number of hydrogen-bond acceptors (Lipinski definition) is 7. The molecule has 2 heterocycles. The van der Waals surface area contributed by atoms with Gasteiger partial charge >= 0.3 is 0 Å². The molecular weight excluding hydrogens is 479 g/mol. The largest absolute Gasteiger partial charge is 0.401 e. The first-order valence-corrected chi connectivity index (χ1v) is 13.1. The summed E-state index contributed by atoms with van der Waals surface area (Å²) in [5, 5.41) is 2.89. The molecule has 10 heteroatoms. The molecule has 1 saturated heterocycles. The zero-order valence-electron chi connectivity index (χ0n) is 22.2. The predicted molar refractivity (Wildman–Crippen MR) is 145 cm³/mol. The molecule has 200 valence electrons. The van der Waals surface area contributed by atoms with Gasteiger partial charge in [0.25, 0.3) is 5.91 Å². The molecule has 6 N–H and O–H groups in total. The summed E-state index contributed by atoms with van der Waals surface area (Å²) in [6.45, 7) is 11.9. The van der Waals surface area contributed by atoms with Gasteiger partial charge in [0, 0.05) is 25.0 Å². The second-order valence-electron chi connectivity index (χ2n) is 8.57. The number of halogens is 1. The first-order valence-electron chi connectivity index (χ1n) is 12.3. The number of hydrazine groups is 1. The van der Waals surface area contributed by atoms with Gasteiger partial charge in [0.15, 0.2) is 6.17 Å². The van der Waals surface area contributed by atoms with Crippen molar-refractivity contribution in [1.29, 1.82) is 0 Å². The van der Waals surface area contributed by atoms with Gasteiger partial charge in [-0.25, -0.2) is 9.37 Å². The number of amides is 2. The van der Waals surface area contributed by atoms with Gasteiger partial charge in [-0.15, -0.1) is 11.3 Å². The smallest absolute Gasteiger partial charge is 0.258 e. The topological polar surface area (TPSA) is 126 Å². The maximum atomic E-state index is 14.1. The van der Waals surface area contributed by atoms with E-state index < -0.39 is 24.0 Å². The maximum absolute atomic E-state index is 14.1. The minimum atomic E-state index is -1.56. The monoisotopic (exact) mass is 520 g/mol. The molecule has 0 bridgehead atoms. The molecule has 3 rings (SSSR count). The molecule has 36 heavy (non-hydrogen) atoms. The Morgan fingerprint density at radius 1 is 1.28 bits per heavy atom. The number of aromatic nitrogens is 1. The molecule has 1 fully saturated rings. The van der Waals surface area contributed by atoms with Gasteiger partial charge in [0.1, 0.15) is 6.04 Å². The third kappa shape index (κ3) is 9.23. The quantitative estimate of drug-likeness (QED) is 0.323. The Labute approximate surface area is 218 Å². The van der Waals surface area contributed by atoms with Crippen LogP contribution in [0.2, 0.25) is 0 Å². The van der Waals surface area contributed by atoms with Crippen molar-refractivity contribution in [1.82, 2.24) is 20.6 Å². The van der Waals surface area contributed by atoms with E-state index in [1.54, 1.807) is 32.1 Å². The fourth-order valence-corrected chi connectivity index (χ4v) is 4.35. The van der Waals surface area contributed by atoms with Crippen LogP contribution in [0, 0.1) is 12.8 Å². The van der Waals surface area contributed by atoms with Crippen molar-refractivity contribution in [3.05, 3.63) is 52.9 Å². The van der Waals surface area contributed by atoms with E-state index in [1.165, 1.54) is 11.1 Å². The van der Waals surface area contributed by atoms with Crippen LogP contribution >= 0.6 is 11.3 Å². The van der Waals surface area contributed by atoms with Crippen LogP contribution in [-0.4, -0.2) is 40.5 Å². The molecule has 1 aromatic carbocycles. The Morgan fingerprint density at radius 2 is 1.92 bits per heavy atom. The van der Waals surface area contributed by atoms with Crippen LogP contribution in [0.3, 0.4) is 0 Å². The number of likely N-dealkylation sites (tertiary alicyclic amines) is 1. The number of alkyl halides is 1. The van der Waals surface area contributed by atoms with Gasteiger partial charge in [0.05, 0.1) is 16.1 Å². The average Bonchev–Trinajstić information content (AvgIpc) is 3.53. The third-order valence-electron chi connectivity index (χ3n) is 5.40. The second kappa shape index (κ2) is 15.9. The zero-order chi connectivity index (χ0) is 27.3. The summed E-state index contributed by atoms with van der Waals surface area (Å²) in [7, 11) is 0. The van der Waals surface area contributed by atoms with Crippen molar-refractivity contribution >= 4 is 23.2 Å². The lowest BCUT2D eigenvalue weighted by Gasteiger charge is -2.26. The highest BCUT2D eigenvalue weighted by atomic mass is 32.1. The van der Waals surface area contributed by atoms with E-state index in [9.17, 15) is 14.0 Å². The van der Waals surface area contributed by atoms with Crippen LogP contribution in [0.25, 0.3) is 10.4 Å². The van der Waals surface area contributed by atoms with Gasteiger partial charge < -0.3 is 21.4 Å². The Bertz CT molecular complexity index is 973. The minimum Gasteiger partial charge on any atom is -0.401 e. The minimum absolute atomic E-state index is 0.218. The highest BCUT2D eigenvalue weighted by Crippen LogP contribution is 2.27. The van der Waals surface area contributed by atoms with E-state index in [-0.39, 0.29) is 5.91 Å². The maximum Gasteiger partial charge on any atom is 0.258 e. The number of aryl methyl sites for hydroxylation is 1. The van der Waals surface area contributed by atoms with Crippen molar-refractivity contribution in [3.8, 4) is 10.4 Å². The molecule has 2 atom stereocenters. The molecule has 1 aromatic heterocycles. The summed E-state index contributed by atoms with van der Waals surface area (Å²) in [5.74, 6) is 3.64. The van der Waals surface area contributed by atoms with E-state index in [0.717, 1.165) is 28.1 Å². The van der Waals surface area contributed by atoms with Gasteiger partial charge in [-0.2, -0.15) is 0 Å². The van der Waals surface area contributed by atoms with Crippen molar-refractivity contribution in [2.75, 3.05) is 6.54 Å². The molecule has 2 aromatic rings. The van der Waals surface area contributed by atoms with Crippen molar-refractivity contribution < 1.29 is 14.0 Å². The van der Waals surface area contributed by atoms with E-state index in [4.69, 9.17) is 11.6 Å². The summed E-state index contributed by atoms with van der Waals surface area (Å²) < 4.78 is 14.1. The SMILES string of the molecule is C/C(N)=C/NN.CC.Cc1ncsc1-c1ccc(CNC(=O)C2CCCN2C(=O)C(F)C(C)C)cc1. The van der Waals surface area contributed by atoms with Crippen LogP contribution in [0.15, 0.2) is 41.7 Å². The fraction of sp³-hybridized carbons (Fsp3) is 0.500. The molecule has 2 amide bonds. The van der Waals surface area contributed by atoms with Crippen LogP contribution in [-0.2, 0) is 16.1 Å². The summed E-state index contributed by atoms with van der Waals surface area (Å²) in [5.41, 5.74) is 13.0. The Morgan fingerprint density at radius 3 is 2.39 bits per heavy atom. The van der Waals surface area contributed by atoms with Crippen molar-refractivity contribution in [3.63, 3.8) is 0 Å². The standard InChI is InChI=1S/C21H26FN3O2S.C3H9N3.C2H6/c1-13(2)18(22)21(27)25-10-4-5-17(25)20(26)23-11-15-6-8-16(9-7-15)19-14(3)24-12-28-19;1-3(4)2-6-5;1-2/h6-9,12-13,17-18H,4-5,10-11H2,1-3H3,(H,23,26);2,6H,4-5H2,1H3;1-2H3/b;3-2-;. The zero-order valence-corrected chi connectivity index (χ0v) is 23.0. The number of thiazole rings is 1. The van der Waals surface area contributed by atoms with Gasteiger partial charge in [-0.05, 0) is 43.7 Å². The molecule has 1 aliphatic heterocycles. The predicted octanol–water partition coefficient (Wildman–Crippen LogP) is 4.02. The summed E-state index contributed by atoms with van der Waals surface area (Å²) in [4.78, 5) is 31.7. The summed E-state index contributed by atoms with van der Waals surface area (Å²) >= 11 is 1.60. The van der Waals surface area contributed by atoms with Gasteiger partial charge in [-0.1, -0.05) is 52.0 Å². The van der Waals surface area contributed by atoms with E-state index in [0.29, 0.717) is 25.2 Å². The number of nitrogens with one attached hydrogen (secondary N) is 2. The lowest BCUT2D eigenvalue weighted by Crippen LogP contribution is -2.49. The fourth-order valence-electron chi connectivity index (χ4n) is 3.54. The lowest BCUT2D eigenvalue weighted by atomic mass is 10.1. The molecular formula is C26H41FN6O2S. The third-order valence-corrected chi connectivity index (χ3v) is 6.38. The summed E-state index contributed by atoms with van der Waals surface area (Å²) in [6, 6.07) is 7.41. The number of nitrogens with two attached hydrogens (primary N) is 2. The average molecular weight is 521 g/mol. The number of rotatable bonds is 7. The normalized spacial score (nSPS) is 15.9. The van der Waals surface area contributed by atoms with E-state index in [2.05, 4.69) is 15.7 Å². The van der Waals surface area contributed by atoms with E-state index in [1.807, 2.05) is 50.5 Å². The number of allylic oxidation sites excluding steroid dienone is 1. The van der Waals surface area contributed by atoms with Crippen LogP contribution < -0.4 is 22.3 Å². The molecule has 8 nitrogen and oxygen atoms in total. The molecule has 0 saturated carbocycles. The van der Waals surface area contributed by atoms with Crippen LogP contribution in [0.5, 0.6) is 0 Å². The molecule has 0 spiro atoms. The number of benzene rings is 1. The number of hydrogen-bond donors (Lipinski definition) is 4. The van der Waals surface area contributed by atoms with Crippen LogP contribution in [0.4, 0.5) is 4.39 Å². The van der Waals surface area contributed by atoms with Crippen molar-refractivity contribution in [2.24, 2.45) is 17.5 Å². The highest BCUT2D eigenvalue weighted by Gasteiger charge is 2.38. The number of carbonyl (C=O) groups is 2. The van der Waals surface area contributed by atoms with Crippen molar-refractivity contribution in [2.45, 2.75) is 73.1 Å². The van der Waals surface area contributed by atoms with Gasteiger partial charge in [0.2, 0.25) is 5.91 Å². The van der Waals surface area contributed by atoms with Crippen LogP contribution in [0.1, 0.15) is 58.7 Å². The Hall–Kier alpha value is -2.98. The molecule has 0 aliphatic carbocycles. The molecule has 0 radical (unpaired) electrons. The first kappa shape index (κ1) is 31.1. The van der Waals surface area contributed by atoms with E-state index >= 15 is 0 Å². The lowest BCUT2D eigenvalue weighted by molar-refractivity contribution is -0.143. The van der Waals surface area contributed by atoms with Gasteiger partial charge in [-0.3, -0.25) is 15.4 Å². The Balaban J connectivity index is 0.000000710. The molecule has 1 aliphatic rings. The Kier molecular flexibility index (Phi) is 13.7. The number of nitrogens with zero attached hydrogens (tertiary/aromatic N) is 2. The molecule has 2 unspecified atom stereocenters. The highest BCUT2D eigenvalue weighted by molar-refractivity contribution is 7.13. The first-order chi connectivity index (χ1) is 17.1. The summed E-state index contributed by atoms with van der Waals surface area (Å²) in [6.07, 6.45) is 1.25. The second-order valence-corrected chi connectivity index (χ2v) is 9.43. The number of carbonyl (C=O) groups excluding carboxylic acids is 2.